The van der Waals surface area contributed by atoms with Crippen molar-refractivity contribution in [2.75, 3.05) is 12.4 Å². The second-order valence-corrected chi connectivity index (χ2v) is 4.37. The van der Waals surface area contributed by atoms with Gasteiger partial charge in [-0.2, -0.15) is 0 Å². The van der Waals surface area contributed by atoms with Crippen molar-refractivity contribution < 1.29 is 4.79 Å². The third-order valence-electron chi connectivity index (χ3n) is 2.80. The van der Waals surface area contributed by atoms with Crippen molar-refractivity contribution in [3.05, 3.63) is 41.3 Å². The van der Waals surface area contributed by atoms with E-state index in [0.717, 1.165) is 22.5 Å². The van der Waals surface area contributed by atoms with E-state index in [1.165, 1.54) is 0 Å². The molecular weight excluding hydrogens is 240 g/mol. The molecule has 0 fully saturated rings. The number of aromatic nitrogens is 2. The van der Waals surface area contributed by atoms with Crippen molar-refractivity contribution in [1.82, 2.24) is 9.97 Å². The summed E-state index contributed by atoms with van der Waals surface area (Å²) in [6, 6.07) is 5.65. The Hall–Kier alpha value is -2.43. The molecule has 0 aliphatic heterocycles. The summed E-state index contributed by atoms with van der Waals surface area (Å²) in [4.78, 5) is 20.0. The number of nitrogens with zero attached hydrogens (tertiary/aromatic N) is 2. The number of carbonyl (C=O) groups is 1. The van der Waals surface area contributed by atoms with Crippen LogP contribution in [0.3, 0.4) is 0 Å². The average molecular weight is 256 g/mol. The Bertz CT molecular complexity index is 617. The van der Waals surface area contributed by atoms with Crippen molar-refractivity contribution >= 4 is 11.7 Å². The monoisotopic (exact) mass is 256 g/mol. The molecule has 0 radical (unpaired) electrons. The molecule has 2 aromatic heterocycles. The van der Waals surface area contributed by atoms with Gasteiger partial charge in [0.2, 0.25) is 0 Å². The highest BCUT2D eigenvalue weighted by atomic mass is 16.1. The van der Waals surface area contributed by atoms with Gasteiger partial charge in [-0.1, -0.05) is 0 Å². The van der Waals surface area contributed by atoms with Gasteiger partial charge >= 0.3 is 0 Å². The van der Waals surface area contributed by atoms with E-state index in [0.29, 0.717) is 11.4 Å². The third kappa shape index (κ3) is 2.70. The quantitative estimate of drug-likeness (QED) is 0.878. The van der Waals surface area contributed by atoms with E-state index in [-0.39, 0.29) is 0 Å². The van der Waals surface area contributed by atoms with Crippen molar-refractivity contribution in [2.24, 2.45) is 5.73 Å². The highest BCUT2D eigenvalue weighted by molar-refractivity contribution is 5.98. The molecule has 5 nitrogen and oxygen atoms in total. The van der Waals surface area contributed by atoms with Gasteiger partial charge in [0.15, 0.2) is 0 Å². The van der Waals surface area contributed by atoms with Crippen LogP contribution >= 0.6 is 0 Å². The lowest BCUT2D eigenvalue weighted by atomic mass is 10.0. The number of primary amides is 1. The van der Waals surface area contributed by atoms with E-state index < -0.39 is 5.91 Å². The first-order valence-corrected chi connectivity index (χ1v) is 5.94. The number of nitrogens with two attached hydrogens (primary N) is 1. The molecule has 1 amide bonds. The SMILES string of the molecule is CNc1ncc(-c2cc(C)nc(C)c2)cc1C(N)=O. The average Bonchev–Trinajstić information content (AvgIpc) is 2.36. The van der Waals surface area contributed by atoms with Crippen LogP contribution in [-0.4, -0.2) is 22.9 Å². The van der Waals surface area contributed by atoms with Crippen LogP contribution < -0.4 is 11.1 Å². The van der Waals surface area contributed by atoms with Gasteiger partial charge in [-0.3, -0.25) is 9.78 Å². The zero-order chi connectivity index (χ0) is 14.0. The first kappa shape index (κ1) is 13.0. The Morgan fingerprint density at radius 1 is 1.16 bits per heavy atom. The summed E-state index contributed by atoms with van der Waals surface area (Å²) in [6.07, 6.45) is 1.71. The van der Waals surface area contributed by atoms with Gasteiger partial charge in [-0.15, -0.1) is 0 Å². The molecule has 0 spiro atoms. The number of aryl methyl sites for hydroxylation is 2. The Morgan fingerprint density at radius 3 is 2.32 bits per heavy atom. The summed E-state index contributed by atoms with van der Waals surface area (Å²) >= 11 is 0. The molecule has 0 bridgehead atoms. The van der Waals surface area contributed by atoms with Crippen LogP contribution in [0.4, 0.5) is 5.82 Å². The number of hydrogen-bond donors (Lipinski definition) is 2. The van der Waals surface area contributed by atoms with Gasteiger partial charge in [-0.25, -0.2) is 4.98 Å². The fraction of sp³-hybridized carbons (Fsp3) is 0.214. The van der Waals surface area contributed by atoms with Crippen LogP contribution in [0.1, 0.15) is 21.7 Å². The summed E-state index contributed by atoms with van der Waals surface area (Å²) in [5, 5.41) is 2.85. The first-order valence-electron chi connectivity index (χ1n) is 5.94. The minimum atomic E-state index is -0.499. The van der Waals surface area contributed by atoms with E-state index in [4.69, 9.17) is 5.73 Å². The van der Waals surface area contributed by atoms with Crippen molar-refractivity contribution in [1.29, 1.82) is 0 Å². The molecule has 0 saturated heterocycles. The van der Waals surface area contributed by atoms with Crippen LogP contribution in [0.15, 0.2) is 24.4 Å². The van der Waals surface area contributed by atoms with Crippen LogP contribution in [0.25, 0.3) is 11.1 Å². The molecular formula is C14H16N4O. The first-order chi connectivity index (χ1) is 9.01. The molecule has 0 saturated carbocycles. The Kier molecular flexibility index (Phi) is 3.46. The summed E-state index contributed by atoms with van der Waals surface area (Å²) in [5.41, 5.74) is 9.42. The summed E-state index contributed by atoms with van der Waals surface area (Å²) in [6.45, 7) is 3.86. The fourth-order valence-corrected chi connectivity index (χ4v) is 2.01. The smallest absolute Gasteiger partial charge is 0.252 e. The molecule has 2 heterocycles. The highest BCUT2D eigenvalue weighted by Gasteiger charge is 2.11. The number of amides is 1. The van der Waals surface area contributed by atoms with Gasteiger partial charge in [0.25, 0.3) is 5.91 Å². The maximum Gasteiger partial charge on any atom is 0.252 e. The van der Waals surface area contributed by atoms with Gasteiger partial charge in [0, 0.05) is 30.2 Å². The van der Waals surface area contributed by atoms with E-state index >= 15 is 0 Å². The zero-order valence-electron chi connectivity index (χ0n) is 11.2. The third-order valence-corrected chi connectivity index (χ3v) is 2.80. The van der Waals surface area contributed by atoms with E-state index in [9.17, 15) is 4.79 Å². The van der Waals surface area contributed by atoms with Gasteiger partial charge in [0.05, 0.1) is 5.56 Å². The van der Waals surface area contributed by atoms with Gasteiger partial charge in [0.1, 0.15) is 5.82 Å². The largest absolute Gasteiger partial charge is 0.372 e. The molecule has 2 rings (SSSR count). The van der Waals surface area contributed by atoms with Crippen molar-refractivity contribution in [2.45, 2.75) is 13.8 Å². The van der Waals surface area contributed by atoms with Crippen LogP contribution in [0.2, 0.25) is 0 Å². The van der Waals surface area contributed by atoms with Gasteiger partial charge in [-0.05, 0) is 37.6 Å². The second kappa shape index (κ2) is 5.06. The number of nitrogens with one attached hydrogen (secondary N) is 1. The normalized spacial score (nSPS) is 10.3. The van der Waals surface area contributed by atoms with Crippen molar-refractivity contribution in [3.63, 3.8) is 0 Å². The maximum atomic E-state index is 11.4. The predicted molar refractivity (Wildman–Crippen MR) is 75.0 cm³/mol. The minimum Gasteiger partial charge on any atom is -0.372 e. The van der Waals surface area contributed by atoms with E-state index in [2.05, 4.69) is 15.3 Å². The molecule has 0 aliphatic carbocycles. The number of anilines is 1. The lowest BCUT2D eigenvalue weighted by Gasteiger charge is -2.09. The van der Waals surface area contributed by atoms with Crippen LogP contribution in [-0.2, 0) is 0 Å². The zero-order valence-corrected chi connectivity index (χ0v) is 11.2. The lowest BCUT2D eigenvalue weighted by Crippen LogP contribution is -2.14. The topological polar surface area (TPSA) is 80.9 Å². The van der Waals surface area contributed by atoms with Gasteiger partial charge < -0.3 is 11.1 Å². The molecule has 19 heavy (non-hydrogen) atoms. The van der Waals surface area contributed by atoms with Crippen LogP contribution in [0.5, 0.6) is 0 Å². The van der Waals surface area contributed by atoms with Crippen molar-refractivity contribution in [3.8, 4) is 11.1 Å². The Labute approximate surface area is 111 Å². The number of carbonyl (C=O) groups excluding carboxylic acids is 1. The molecule has 0 aromatic carbocycles. The molecule has 0 atom stereocenters. The summed E-state index contributed by atoms with van der Waals surface area (Å²) < 4.78 is 0. The number of rotatable bonds is 3. The minimum absolute atomic E-state index is 0.382. The molecule has 3 N–H and O–H groups in total. The maximum absolute atomic E-state index is 11.4. The Balaban J connectivity index is 2.57. The Morgan fingerprint density at radius 2 is 1.79 bits per heavy atom. The van der Waals surface area contributed by atoms with E-state index in [1.54, 1.807) is 19.3 Å². The van der Waals surface area contributed by atoms with E-state index in [1.807, 2.05) is 26.0 Å². The molecule has 2 aromatic rings. The summed E-state index contributed by atoms with van der Waals surface area (Å²) in [5.74, 6) is -0.0139. The molecule has 0 aliphatic rings. The number of pyridine rings is 2. The molecule has 98 valence electrons. The second-order valence-electron chi connectivity index (χ2n) is 4.37. The fourth-order valence-electron chi connectivity index (χ4n) is 2.01. The highest BCUT2D eigenvalue weighted by Crippen LogP contribution is 2.23. The molecule has 0 unspecified atom stereocenters. The lowest BCUT2D eigenvalue weighted by molar-refractivity contribution is 0.100. The predicted octanol–water partition coefficient (Wildman–Crippen LogP) is 1.90. The number of hydrogen-bond acceptors (Lipinski definition) is 4. The molecule has 5 heteroatoms. The van der Waals surface area contributed by atoms with Crippen LogP contribution in [0, 0.1) is 13.8 Å². The standard InChI is InChI=1S/C14H16N4O/c1-8-4-10(5-9(2)18-8)11-6-12(13(15)19)14(16-3)17-7-11/h4-7H,1-3H3,(H2,15,19)(H,16,17). The summed E-state index contributed by atoms with van der Waals surface area (Å²) in [7, 11) is 1.70.